The molecule has 3 heterocycles. The first kappa shape index (κ1) is 34.3. The standard InChI is InChI=1S/C38H49N5O4S/c1-4-47-26-25-43-34-14-9-8-13-33(34)39-37(43)41-20-10-19-40(23-24-41)21-17-38(31-11-6-5-7-12-31)18-22-42(29-38)36(44)32-27-30(28-48(3)45)15-16-35(32)46-2/h5-9,11-16,27H,4,10,17-26,28-29H2,1-3H3. The summed E-state index contributed by atoms with van der Waals surface area (Å²) in [6.45, 7) is 10.4. The van der Waals surface area contributed by atoms with E-state index in [1.54, 1.807) is 13.4 Å². The monoisotopic (exact) mass is 671 g/mol. The zero-order valence-electron chi connectivity index (χ0n) is 28.6. The lowest BCUT2D eigenvalue weighted by atomic mass is 9.76. The number of hydrogen-bond donors (Lipinski definition) is 0. The average molecular weight is 672 g/mol. The van der Waals surface area contributed by atoms with Crippen LogP contribution < -0.4 is 9.64 Å². The van der Waals surface area contributed by atoms with Gasteiger partial charge in [-0.2, -0.15) is 0 Å². The summed E-state index contributed by atoms with van der Waals surface area (Å²) in [6.07, 6.45) is 4.63. The number of hydrogen-bond acceptors (Lipinski definition) is 7. The molecule has 0 N–H and O–H groups in total. The Labute approximate surface area is 288 Å². The molecule has 6 rings (SSSR count). The molecule has 256 valence electrons. The summed E-state index contributed by atoms with van der Waals surface area (Å²) in [5, 5.41) is 0. The van der Waals surface area contributed by atoms with Gasteiger partial charge in [-0.3, -0.25) is 4.79 Å². The summed E-state index contributed by atoms with van der Waals surface area (Å²) in [4.78, 5) is 26.1. The molecule has 0 radical (unpaired) electrons. The predicted molar refractivity (Wildman–Crippen MR) is 194 cm³/mol. The van der Waals surface area contributed by atoms with Crippen LogP contribution in [0.3, 0.4) is 0 Å². The number of methoxy groups -OCH3 is 1. The van der Waals surface area contributed by atoms with Gasteiger partial charge in [0.1, 0.15) is 11.5 Å². The second-order valence-electron chi connectivity index (χ2n) is 13.1. The molecular formula is C38H49N5O4S. The van der Waals surface area contributed by atoms with Gasteiger partial charge in [0.05, 0.1) is 36.6 Å². The van der Waals surface area contributed by atoms with Gasteiger partial charge >= 0.3 is 0 Å². The quantitative estimate of drug-likeness (QED) is 0.140. The zero-order chi connectivity index (χ0) is 33.5. The summed E-state index contributed by atoms with van der Waals surface area (Å²) in [6, 6.07) is 24.7. The van der Waals surface area contributed by atoms with Crippen LogP contribution in [-0.2, 0) is 33.6 Å². The number of likely N-dealkylation sites (tertiary alicyclic amines) is 1. The first-order valence-corrected chi connectivity index (χ1v) is 19.0. The lowest BCUT2D eigenvalue weighted by molar-refractivity contribution is 0.0777. The highest BCUT2D eigenvalue weighted by atomic mass is 32.2. The summed E-state index contributed by atoms with van der Waals surface area (Å²) in [7, 11) is 1.60. The molecule has 1 amide bonds. The molecule has 2 saturated heterocycles. The molecule has 0 spiro atoms. The number of rotatable bonds is 13. The van der Waals surface area contributed by atoms with Gasteiger partial charge in [0, 0.05) is 56.9 Å². The van der Waals surface area contributed by atoms with Crippen LogP contribution >= 0.6 is 0 Å². The van der Waals surface area contributed by atoms with Gasteiger partial charge in [-0.05, 0) is 69.1 Å². The highest BCUT2D eigenvalue weighted by Crippen LogP contribution is 2.39. The SMILES string of the molecule is CCOCCn1c(N2CCCN(CCC3(c4ccccc4)CCN(C(=O)c4cc(C[S+](C)[O-])ccc4OC)C3)CC2)nc2ccccc21. The first-order chi connectivity index (χ1) is 23.4. The van der Waals surface area contributed by atoms with E-state index in [0.29, 0.717) is 43.4 Å². The van der Waals surface area contributed by atoms with Gasteiger partial charge in [-0.15, -0.1) is 0 Å². The van der Waals surface area contributed by atoms with Crippen LogP contribution in [0.1, 0.15) is 47.7 Å². The van der Waals surface area contributed by atoms with Gasteiger partial charge in [0.25, 0.3) is 5.91 Å². The average Bonchev–Trinajstić information content (AvgIpc) is 3.62. The fourth-order valence-corrected chi connectivity index (χ4v) is 8.08. The second-order valence-corrected chi connectivity index (χ2v) is 14.5. The maximum Gasteiger partial charge on any atom is 0.257 e. The van der Waals surface area contributed by atoms with E-state index in [9.17, 15) is 9.35 Å². The number of carbonyl (C=O) groups is 1. The number of aromatic nitrogens is 2. The van der Waals surface area contributed by atoms with Crippen molar-refractivity contribution < 1.29 is 18.8 Å². The smallest absolute Gasteiger partial charge is 0.257 e. The van der Waals surface area contributed by atoms with Crippen molar-refractivity contribution in [2.24, 2.45) is 0 Å². The number of carbonyl (C=O) groups excluding carboxylic acids is 1. The molecule has 0 aliphatic carbocycles. The van der Waals surface area contributed by atoms with Crippen LogP contribution in [0.15, 0.2) is 72.8 Å². The molecule has 10 heteroatoms. The van der Waals surface area contributed by atoms with E-state index < -0.39 is 11.2 Å². The van der Waals surface area contributed by atoms with Gasteiger partial charge < -0.3 is 33.3 Å². The maximum absolute atomic E-state index is 14.0. The summed E-state index contributed by atoms with van der Waals surface area (Å²) >= 11 is -0.996. The highest BCUT2D eigenvalue weighted by Gasteiger charge is 2.42. The number of ether oxygens (including phenoxy) is 2. The van der Waals surface area contributed by atoms with E-state index >= 15 is 0 Å². The van der Waals surface area contributed by atoms with Crippen LogP contribution in [0.5, 0.6) is 5.75 Å². The second kappa shape index (κ2) is 15.8. The molecule has 2 aliphatic heterocycles. The molecule has 2 aliphatic rings. The van der Waals surface area contributed by atoms with Gasteiger partial charge in [-0.1, -0.05) is 59.7 Å². The fraction of sp³-hybridized carbons (Fsp3) is 0.474. The number of fused-ring (bicyclic) bond motifs is 1. The third-order valence-corrected chi connectivity index (χ3v) is 10.7. The summed E-state index contributed by atoms with van der Waals surface area (Å²) in [5.74, 6) is 1.99. The molecular weight excluding hydrogens is 623 g/mol. The van der Waals surface area contributed by atoms with Crippen molar-refractivity contribution in [3.05, 3.63) is 89.5 Å². The number of nitrogens with zero attached hydrogens (tertiary/aromatic N) is 5. The minimum absolute atomic E-state index is 0.0222. The van der Waals surface area contributed by atoms with Crippen molar-refractivity contribution in [2.75, 3.05) is 77.3 Å². The third kappa shape index (κ3) is 7.67. The Bertz CT molecular complexity index is 1660. The van der Waals surface area contributed by atoms with Crippen molar-refractivity contribution >= 4 is 34.1 Å². The number of amides is 1. The van der Waals surface area contributed by atoms with Crippen molar-refractivity contribution in [3.8, 4) is 5.75 Å². The number of imidazole rings is 1. The first-order valence-electron chi connectivity index (χ1n) is 17.2. The van der Waals surface area contributed by atoms with E-state index in [2.05, 4.69) is 69.0 Å². The van der Waals surface area contributed by atoms with Crippen LogP contribution in [0.25, 0.3) is 11.0 Å². The van der Waals surface area contributed by atoms with E-state index in [4.69, 9.17) is 14.5 Å². The van der Waals surface area contributed by atoms with E-state index in [1.165, 1.54) is 5.56 Å². The minimum Gasteiger partial charge on any atom is -0.616 e. The third-order valence-electron chi connectivity index (χ3n) is 9.97. The molecule has 2 unspecified atom stereocenters. The van der Waals surface area contributed by atoms with Crippen LogP contribution in [0.4, 0.5) is 5.95 Å². The minimum atomic E-state index is -0.996. The van der Waals surface area contributed by atoms with Crippen LogP contribution in [0, 0.1) is 0 Å². The zero-order valence-corrected chi connectivity index (χ0v) is 29.4. The Morgan fingerprint density at radius 3 is 2.58 bits per heavy atom. The fourth-order valence-electron chi connectivity index (χ4n) is 7.43. The largest absolute Gasteiger partial charge is 0.616 e. The Kier molecular flexibility index (Phi) is 11.3. The molecule has 9 nitrogen and oxygen atoms in total. The number of para-hydroxylation sites is 2. The molecule has 3 aromatic carbocycles. The molecule has 1 aromatic heterocycles. The lowest BCUT2D eigenvalue weighted by Gasteiger charge is -2.33. The van der Waals surface area contributed by atoms with Crippen molar-refractivity contribution in [1.29, 1.82) is 0 Å². The normalized spacial score (nSPS) is 19.5. The Balaban J connectivity index is 1.16. The Morgan fingerprint density at radius 1 is 0.979 bits per heavy atom. The van der Waals surface area contributed by atoms with E-state index in [0.717, 1.165) is 81.1 Å². The topological polar surface area (TPSA) is 86.1 Å². The van der Waals surface area contributed by atoms with Crippen molar-refractivity contribution in [1.82, 2.24) is 19.4 Å². The molecule has 0 saturated carbocycles. The van der Waals surface area contributed by atoms with Gasteiger partial charge in [0.2, 0.25) is 5.95 Å². The van der Waals surface area contributed by atoms with Gasteiger partial charge in [0.15, 0.2) is 0 Å². The molecule has 2 atom stereocenters. The van der Waals surface area contributed by atoms with Crippen LogP contribution in [0.2, 0.25) is 0 Å². The number of benzene rings is 3. The Hall–Kier alpha value is -3.57. The van der Waals surface area contributed by atoms with Gasteiger partial charge in [-0.25, -0.2) is 4.98 Å². The summed E-state index contributed by atoms with van der Waals surface area (Å²) < 4.78 is 25.6. The molecule has 2 fully saturated rings. The molecule has 48 heavy (non-hydrogen) atoms. The van der Waals surface area contributed by atoms with Crippen molar-refractivity contribution in [3.63, 3.8) is 0 Å². The maximum atomic E-state index is 14.0. The van der Waals surface area contributed by atoms with E-state index in [-0.39, 0.29) is 11.3 Å². The Morgan fingerprint density at radius 2 is 1.79 bits per heavy atom. The lowest BCUT2D eigenvalue weighted by Crippen LogP contribution is -2.39. The molecule has 0 bridgehead atoms. The van der Waals surface area contributed by atoms with E-state index in [1.807, 2.05) is 30.0 Å². The van der Waals surface area contributed by atoms with Crippen molar-refractivity contribution in [2.45, 2.75) is 43.9 Å². The predicted octanol–water partition coefficient (Wildman–Crippen LogP) is 5.35. The summed E-state index contributed by atoms with van der Waals surface area (Å²) in [5.41, 5.74) is 4.77. The number of anilines is 1. The molecule has 4 aromatic rings. The highest BCUT2D eigenvalue weighted by molar-refractivity contribution is 7.89. The van der Waals surface area contributed by atoms with Crippen LogP contribution in [-0.4, -0.2) is 102 Å².